The monoisotopic (exact) mass is 322 g/mol. The van der Waals surface area contributed by atoms with E-state index in [1.807, 2.05) is 26.2 Å². The van der Waals surface area contributed by atoms with Gasteiger partial charge in [-0.05, 0) is 25.5 Å². The fourth-order valence-corrected chi connectivity index (χ4v) is 4.46. The summed E-state index contributed by atoms with van der Waals surface area (Å²) in [6.45, 7) is 1.73. The molecule has 0 saturated carbocycles. The normalized spacial score (nSPS) is 19.3. The van der Waals surface area contributed by atoms with E-state index in [0.717, 1.165) is 41.2 Å². The van der Waals surface area contributed by atoms with Crippen molar-refractivity contribution in [3.8, 4) is 0 Å². The molecule has 3 rings (SSSR count). The van der Waals surface area contributed by atoms with Crippen LogP contribution in [0.2, 0.25) is 5.02 Å². The van der Waals surface area contributed by atoms with Crippen LogP contribution in [0.1, 0.15) is 17.7 Å². The zero-order chi connectivity index (χ0) is 15.0. The van der Waals surface area contributed by atoms with E-state index in [2.05, 4.69) is 17.0 Å². The number of hydrogen-bond donors (Lipinski definition) is 0. The van der Waals surface area contributed by atoms with Gasteiger partial charge in [0.05, 0.1) is 11.1 Å². The molecule has 1 fully saturated rings. The highest BCUT2D eigenvalue weighted by atomic mass is 35.5. The number of halogens is 1. The van der Waals surface area contributed by atoms with Gasteiger partial charge in [-0.1, -0.05) is 29.8 Å². The molecule has 2 aromatic rings. The predicted molar refractivity (Wildman–Crippen MR) is 89.0 cm³/mol. The van der Waals surface area contributed by atoms with Gasteiger partial charge in [-0.2, -0.15) is 0 Å². The lowest BCUT2D eigenvalue weighted by molar-refractivity contribution is -0.133. The highest BCUT2D eigenvalue weighted by Gasteiger charge is 2.32. The molecule has 0 unspecified atom stereocenters. The van der Waals surface area contributed by atoms with Crippen LogP contribution in [0.5, 0.6) is 0 Å². The van der Waals surface area contributed by atoms with Crippen LogP contribution in [0.3, 0.4) is 0 Å². The lowest BCUT2D eigenvalue weighted by Gasteiger charge is -2.25. The van der Waals surface area contributed by atoms with Crippen molar-refractivity contribution < 1.29 is 4.79 Å². The van der Waals surface area contributed by atoms with E-state index in [-0.39, 0.29) is 11.9 Å². The van der Waals surface area contributed by atoms with Crippen molar-refractivity contribution in [3.05, 3.63) is 34.2 Å². The number of amides is 1. The second kappa shape index (κ2) is 5.95. The molecule has 0 bridgehead atoms. The van der Waals surface area contributed by atoms with E-state index in [0.29, 0.717) is 0 Å². The van der Waals surface area contributed by atoms with Crippen LogP contribution < -0.4 is 0 Å². The zero-order valence-corrected chi connectivity index (χ0v) is 13.9. The number of fused-ring (bicyclic) bond motifs is 1. The second-order valence-corrected chi connectivity index (χ2v) is 7.21. The number of hydrogen-bond acceptors (Lipinski definition) is 3. The van der Waals surface area contributed by atoms with Crippen molar-refractivity contribution in [3.63, 3.8) is 0 Å². The third-order valence-electron chi connectivity index (χ3n) is 4.04. The van der Waals surface area contributed by atoms with Crippen molar-refractivity contribution in [2.75, 3.05) is 20.6 Å². The molecule has 1 aromatic carbocycles. The third-order valence-corrected chi connectivity index (χ3v) is 5.74. The Morgan fingerprint density at radius 1 is 1.43 bits per heavy atom. The van der Waals surface area contributed by atoms with Gasteiger partial charge in [0.2, 0.25) is 5.91 Å². The molecule has 5 heteroatoms. The second-order valence-electron chi connectivity index (χ2n) is 5.70. The van der Waals surface area contributed by atoms with Gasteiger partial charge < -0.3 is 4.90 Å². The molecule has 0 N–H and O–H groups in total. The minimum Gasteiger partial charge on any atom is -0.347 e. The van der Waals surface area contributed by atoms with Gasteiger partial charge in [-0.3, -0.25) is 9.69 Å². The van der Waals surface area contributed by atoms with Gasteiger partial charge in [0, 0.05) is 35.6 Å². The van der Waals surface area contributed by atoms with E-state index in [4.69, 9.17) is 11.6 Å². The van der Waals surface area contributed by atoms with Gasteiger partial charge in [-0.25, -0.2) is 0 Å². The quantitative estimate of drug-likeness (QED) is 0.862. The predicted octanol–water partition coefficient (Wildman–Crippen LogP) is 3.61. The van der Waals surface area contributed by atoms with Crippen LogP contribution in [0, 0.1) is 0 Å². The average Bonchev–Trinajstić information content (AvgIpc) is 3.05. The summed E-state index contributed by atoms with van der Waals surface area (Å²) in [6.07, 6.45) is 2.02. The van der Waals surface area contributed by atoms with Crippen molar-refractivity contribution in [2.24, 2.45) is 0 Å². The number of thiophene rings is 1. The number of likely N-dealkylation sites (tertiary alicyclic amines) is 1. The minimum atomic E-state index is 0.00118. The first-order valence-corrected chi connectivity index (χ1v) is 8.38. The van der Waals surface area contributed by atoms with Crippen LogP contribution in [-0.2, 0) is 11.3 Å². The summed E-state index contributed by atoms with van der Waals surface area (Å²) in [4.78, 5) is 17.4. The fraction of sp³-hybridized carbons (Fsp3) is 0.438. The van der Waals surface area contributed by atoms with Crippen LogP contribution in [0.4, 0.5) is 0 Å². The maximum Gasteiger partial charge on any atom is 0.239 e. The Labute approximate surface area is 134 Å². The molecule has 1 aromatic heterocycles. The molecule has 3 nitrogen and oxygen atoms in total. The topological polar surface area (TPSA) is 23.6 Å². The first-order valence-electron chi connectivity index (χ1n) is 7.19. The number of carbonyl (C=O) groups is 1. The number of carbonyl (C=O) groups excluding carboxylic acids is 1. The highest BCUT2D eigenvalue weighted by Crippen LogP contribution is 2.37. The molecule has 2 heterocycles. The molecule has 21 heavy (non-hydrogen) atoms. The zero-order valence-electron chi connectivity index (χ0n) is 12.3. The molecule has 1 atom stereocenters. The smallest absolute Gasteiger partial charge is 0.239 e. The van der Waals surface area contributed by atoms with E-state index in [1.54, 1.807) is 16.2 Å². The van der Waals surface area contributed by atoms with Crippen LogP contribution in [-0.4, -0.2) is 42.4 Å². The Morgan fingerprint density at radius 3 is 2.90 bits per heavy atom. The molecule has 1 saturated heterocycles. The molecule has 0 spiro atoms. The van der Waals surface area contributed by atoms with Crippen LogP contribution in [0.25, 0.3) is 10.1 Å². The fourth-order valence-electron chi connectivity index (χ4n) is 2.94. The Morgan fingerprint density at radius 2 is 2.19 bits per heavy atom. The Hall–Kier alpha value is -1.10. The third kappa shape index (κ3) is 2.80. The van der Waals surface area contributed by atoms with Gasteiger partial charge >= 0.3 is 0 Å². The van der Waals surface area contributed by atoms with Crippen molar-refractivity contribution >= 4 is 38.9 Å². The number of benzene rings is 1. The first kappa shape index (κ1) is 14.8. The number of rotatable bonds is 3. The summed E-state index contributed by atoms with van der Waals surface area (Å²) in [7, 11) is 3.65. The highest BCUT2D eigenvalue weighted by molar-refractivity contribution is 7.19. The van der Waals surface area contributed by atoms with Crippen molar-refractivity contribution in [1.82, 2.24) is 9.80 Å². The van der Waals surface area contributed by atoms with Crippen molar-refractivity contribution in [1.29, 1.82) is 0 Å². The van der Waals surface area contributed by atoms with Gasteiger partial charge in [0.1, 0.15) is 0 Å². The Balaban J connectivity index is 1.84. The maximum absolute atomic E-state index is 12.3. The van der Waals surface area contributed by atoms with E-state index >= 15 is 0 Å². The molecular weight excluding hydrogens is 304 g/mol. The van der Waals surface area contributed by atoms with Crippen LogP contribution >= 0.6 is 22.9 Å². The number of likely N-dealkylation sites (N-methyl/N-ethyl adjacent to an activating group) is 1. The van der Waals surface area contributed by atoms with Gasteiger partial charge in [0.15, 0.2) is 0 Å². The molecule has 0 aliphatic carbocycles. The summed E-state index contributed by atoms with van der Waals surface area (Å²) < 4.78 is 1.21. The van der Waals surface area contributed by atoms with E-state index < -0.39 is 0 Å². The first-order chi connectivity index (χ1) is 10.1. The SMILES string of the molecule is CN(C)C(=O)[C@H]1CCCN1Cc1sc2ccccc2c1Cl. The van der Waals surface area contributed by atoms with Gasteiger partial charge in [-0.15, -0.1) is 11.3 Å². The maximum atomic E-state index is 12.3. The lowest BCUT2D eigenvalue weighted by Crippen LogP contribution is -2.42. The van der Waals surface area contributed by atoms with E-state index in [1.165, 1.54) is 4.70 Å². The van der Waals surface area contributed by atoms with E-state index in [9.17, 15) is 4.79 Å². The Bertz CT molecular complexity index is 667. The van der Waals surface area contributed by atoms with Crippen LogP contribution in [0.15, 0.2) is 24.3 Å². The molecule has 1 aliphatic rings. The minimum absolute atomic E-state index is 0.00118. The molecule has 112 valence electrons. The summed E-state index contributed by atoms with van der Waals surface area (Å²) in [6, 6.07) is 8.21. The average molecular weight is 323 g/mol. The van der Waals surface area contributed by atoms with Crippen molar-refractivity contribution in [2.45, 2.75) is 25.4 Å². The summed E-state index contributed by atoms with van der Waals surface area (Å²) in [5.41, 5.74) is 0. The molecular formula is C16H19ClN2OS. The largest absolute Gasteiger partial charge is 0.347 e. The summed E-state index contributed by atoms with van der Waals surface area (Å²) >= 11 is 8.25. The molecule has 1 amide bonds. The summed E-state index contributed by atoms with van der Waals surface area (Å²) in [5.74, 6) is 0.199. The molecule has 0 radical (unpaired) electrons. The Kier molecular flexibility index (Phi) is 4.20. The number of nitrogens with zero attached hydrogens (tertiary/aromatic N) is 2. The molecule has 1 aliphatic heterocycles. The standard InChI is InChI=1S/C16H19ClN2OS/c1-18(2)16(20)12-7-5-9-19(12)10-14-15(17)11-6-3-4-8-13(11)21-14/h3-4,6,8,12H,5,7,9-10H2,1-2H3/t12-/m1/s1. The van der Waals surface area contributed by atoms with Gasteiger partial charge in [0.25, 0.3) is 0 Å². The summed E-state index contributed by atoms with van der Waals surface area (Å²) in [5, 5.41) is 1.97. The lowest BCUT2D eigenvalue weighted by atomic mass is 10.2.